The van der Waals surface area contributed by atoms with E-state index < -0.39 is 17.6 Å². The van der Waals surface area contributed by atoms with Gasteiger partial charge < -0.3 is 14.8 Å². The SMILES string of the molecule is CCOc1cc(/C=N/NC(=O)C(=O)Nc2ccccc2F)cc(Br)c1OCc1cccc2ccccc12. The highest BCUT2D eigenvalue weighted by Gasteiger charge is 2.16. The topological polar surface area (TPSA) is 89.0 Å². The summed E-state index contributed by atoms with van der Waals surface area (Å²) >= 11 is 3.53. The molecule has 0 fully saturated rings. The molecule has 0 unspecified atom stereocenters. The van der Waals surface area contributed by atoms with Gasteiger partial charge in [0.05, 0.1) is 23.0 Å². The number of carbonyl (C=O) groups is 2. The molecular weight excluding hydrogens is 541 g/mol. The molecule has 0 aliphatic heterocycles. The number of hydrogen-bond donors (Lipinski definition) is 2. The summed E-state index contributed by atoms with van der Waals surface area (Å²) < 4.78 is 26.2. The molecule has 0 heterocycles. The fourth-order valence-corrected chi connectivity index (χ4v) is 4.17. The number of fused-ring (bicyclic) bond motifs is 1. The van der Waals surface area contributed by atoms with Crippen LogP contribution in [0.1, 0.15) is 18.1 Å². The van der Waals surface area contributed by atoms with Crippen LogP contribution in [-0.2, 0) is 16.2 Å². The first-order valence-electron chi connectivity index (χ1n) is 11.4. The van der Waals surface area contributed by atoms with Crippen LogP contribution in [0.4, 0.5) is 10.1 Å². The average Bonchev–Trinajstić information content (AvgIpc) is 2.89. The van der Waals surface area contributed by atoms with Crippen molar-refractivity contribution in [3.05, 3.63) is 100 Å². The van der Waals surface area contributed by atoms with Gasteiger partial charge in [-0.05, 0) is 69.0 Å². The van der Waals surface area contributed by atoms with E-state index in [2.05, 4.69) is 50.0 Å². The highest BCUT2D eigenvalue weighted by molar-refractivity contribution is 9.10. The molecule has 0 saturated carbocycles. The number of carbonyl (C=O) groups excluding carboxylic acids is 2. The van der Waals surface area contributed by atoms with Crippen LogP contribution < -0.4 is 20.2 Å². The molecular formula is C28H23BrFN3O4. The van der Waals surface area contributed by atoms with E-state index in [0.29, 0.717) is 34.7 Å². The normalized spacial score (nSPS) is 10.9. The summed E-state index contributed by atoms with van der Waals surface area (Å²) in [5.74, 6) is -1.72. The Bertz CT molecular complexity index is 1470. The second kappa shape index (κ2) is 12.1. The molecule has 2 amide bonds. The second-order valence-corrected chi connectivity index (χ2v) is 8.68. The first-order valence-corrected chi connectivity index (χ1v) is 12.2. The van der Waals surface area contributed by atoms with Crippen molar-refractivity contribution >= 4 is 50.4 Å². The summed E-state index contributed by atoms with van der Waals surface area (Å²) in [5.41, 5.74) is 3.65. The predicted molar refractivity (Wildman–Crippen MR) is 144 cm³/mol. The molecule has 0 saturated heterocycles. The van der Waals surface area contributed by atoms with Gasteiger partial charge in [-0.15, -0.1) is 0 Å². The Morgan fingerprint density at radius 2 is 1.73 bits per heavy atom. The van der Waals surface area contributed by atoms with Gasteiger partial charge in [-0.25, -0.2) is 9.82 Å². The molecule has 4 rings (SSSR count). The summed E-state index contributed by atoms with van der Waals surface area (Å²) in [6, 6.07) is 23.1. The number of ether oxygens (including phenoxy) is 2. The number of para-hydroxylation sites is 1. The lowest BCUT2D eigenvalue weighted by atomic mass is 10.1. The van der Waals surface area contributed by atoms with Crippen LogP contribution >= 0.6 is 15.9 Å². The Morgan fingerprint density at radius 3 is 2.54 bits per heavy atom. The minimum atomic E-state index is -1.05. The van der Waals surface area contributed by atoms with Gasteiger partial charge >= 0.3 is 11.8 Å². The first-order chi connectivity index (χ1) is 18.0. The minimum Gasteiger partial charge on any atom is -0.490 e. The summed E-state index contributed by atoms with van der Waals surface area (Å²) in [7, 11) is 0. The van der Waals surface area contributed by atoms with E-state index in [9.17, 15) is 14.0 Å². The van der Waals surface area contributed by atoms with Crippen LogP contribution in [0.2, 0.25) is 0 Å². The number of nitrogens with one attached hydrogen (secondary N) is 2. The summed E-state index contributed by atoms with van der Waals surface area (Å²) in [6.45, 7) is 2.60. The van der Waals surface area contributed by atoms with Crippen LogP contribution in [0.15, 0.2) is 88.4 Å². The zero-order valence-corrected chi connectivity index (χ0v) is 21.4. The Balaban J connectivity index is 1.44. The minimum absolute atomic E-state index is 0.101. The van der Waals surface area contributed by atoms with Crippen molar-refractivity contribution in [1.82, 2.24) is 5.43 Å². The fraction of sp³-hybridized carbons (Fsp3) is 0.107. The maximum Gasteiger partial charge on any atom is 0.329 e. The first kappa shape index (κ1) is 25.8. The van der Waals surface area contributed by atoms with E-state index in [0.717, 1.165) is 16.3 Å². The molecule has 0 radical (unpaired) electrons. The maximum atomic E-state index is 13.7. The lowest BCUT2D eigenvalue weighted by molar-refractivity contribution is -0.136. The zero-order chi connectivity index (χ0) is 26.2. The Hall–Kier alpha value is -4.24. The molecule has 0 spiro atoms. The summed E-state index contributed by atoms with van der Waals surface area (Å²) in [6.07, 6.45) is 1.36. The quantitative estimate of drug-likeness (QED) is 0.161. The van der Waals surface area contributed by atoms with E-state index >= 15 is 0 Å². The molecule has 0 aliphatic carbocycles. The number of nitrogens with zero attached hydrogens (tertiary/aromatic N) is 1. The van der Waals surface area contributed by atoms with Crippen molar-refractivity contribution in [3.63, 3.8) is 0 Å². The molecule has 4 aromatic carbocycles. The number of halogens is 2. The number of hydrogen-bond acceptors (Lipinski definition) is 5. The standard InChI is InChI=1S/C28H23BrFN3O4/c1-2-36-25-15-18(16-31-33-28(35)27(34)32-24-13-6-5-12-23(24)30)14-22(29)26(25)37-17-20-10-7-9-19-8-3-4-11-21(19)20/h3-16H,2,17H2,1H3,(H,32,34)(H,33,35)/b31-16+. The van der Waals surface area contributed by atoms with E-state index in [1.165, 1.54) is 30.5 Å². The highest BCUT2D eigenvalue weighted by atomic mass is 79.9. The van der Waals surface area contributed by atoms with E-state index in [4.69, 9.17) is 9.47 Å². The Morgan fingerprint density at radius 1 is 0.973 bits per heavy atom. The monoisotopic (exact) mass is 563 g/mol. The van der Waals surface area contributed by atoms with Crippen LogP contribution in [0.3, 0.4) is 0 Å². The van der Waals surface area contributed by atoms with Crippen molar-refractivity contribution in [1.29, 1.82) is 0 Å². The molecule has 0 aromatic heterocycles. The van der Waals surface area contributed by atoms with Crippen LogP contribution in [0, 0.1) is 5.82 Å². The van der Waals surface area contributed by atoms with Gasteiger partial charge in [-0.3, -0.25) is 9.59 Å². The lowest BCUT2D eigenvalue weighted by Gasteiger charge is -2.15. The van der Waals surface area contributed by atoms with Gasteiger partial charge in [0.25, 0.3) is 0 Å². The third-order valence-electron chi connectivity index (χ3n) is 5.29. The number of anilines is 1. The molecule has 7 nitrogen and oxygen atoms in total. The van der Waals surface area contributed by atoms with Gasteiger partial charge in [-0.1, -0.05) is 54.6 Å². The molecule has 0 atom stereocenters. The van der Waals surface area contributed by atoms with Crippen LogP contribution in [-0.4, -0.2) is 24.6 Å². The largest absolute Gasteiger partial charge is 0.490 e. The van der Waals surface area contributed by atoms with Gasteiger partial charge in [0.15, 0.2) is 11.5 Å². The molecule has 188 valence electrons. The maximum absolute atomic E-state index is 13.7. The van der Waals surface area contributed by atoms with Gasteiger partial charge in [0.1, 0.15) is 12.4 Å². The number of amides is 2. The number of hydrazone groups is 1. The van der Waals surface area contributed by atoms with Crippen LogP contribution in [0.5, 0.6) is 11.5 Å². The Labute approximate surface area is 221 Å². The smallest absolute Gasteiger partial charge is 0.329 e. The number of rotatable bonds is 8. The molecule has 2 N–H and O–H groups in total. The van der Waals surface area contributed by atoms with E-state index in [1.807, 2.05) is 31.2 Å². The third kappa shape index (κ3) is 6.50. The highest BCUT2D eigenvalue weighted by Crippen LogP contribution is 2.37. The fourth-order valence-electron chi connectivity index (χ4n) is 3.59. The van der Waals surface area contributed by atoms with Gasteiger partial charge in [-0.2, -0.15) is 5.10 Å². The molecule has 37 heavy (non-hydrogen) atoms. The van der Waals surface area contributed by atoms with Crippen molar-refractivity contribution in [2.45, 2.75) is 13.5 Å². The van der Waals surface area contributed by atoms with Crippen molar-refractivity contribution < 1.29 is 23.5 Å². The summed E-state index contributed by atoms with van der Waals surface area (Å²) in [5, 5.41) is 8.26. The molecule has 4 aromatic rings. The van der Waals surface area contributed by atoms with E-state index in [1.54, 1.807) is 12.1 Å². The Kier molecular flexibility index (Phi) is 8.48. The van der Waals surface area contributed by atoms with Crippen LogP contribution in [0.25, 0.3) is 10.8 Å². The molecule has 9 heteroatoms. The third-order valence-corrected chi connectivity index (χ3v) is 5.88. The van der Waals surface area contributed by atoms with Crippen molar-refractivity contribution in [2.75, 3.05) is 11.9 Å². The van der Waals surface area contributed by atoms with Gasteiger partial charge in [0, 0.05) is 0 Å². The van der Waals surface area contributed by atoms with Gasteiger partial charge in [0.2, 0.25) is 0 Å². The van der Waals surface area contributed by atoms with Crippen molar-refractivity contribution in [3.8, 4) is 11.5 Å². The average molecular weight is 564 g/mol. The zero-order valence-electron chi connectivity index (χ0n) is 19.8. The predicted octanol–water partition coefficient (Wildman–Crippen LogP) is 5.81. The second-order valence-electron chi connectivity index (χ2n) is 7.82. The lowest BCUT2D eigenvalue weighted by Crippen LogP contribution is -2.32. The molecule has 0 aliphatic rings. The molecule has 0 bridgehead atoms. The van der Waals surface area contributed by atoms with E-state index in [-0.39, 0.29) is 5.69 Å². The van der Waals surface area contributed by atoms with Crippen molar-refractivity contribution in [2.24, 2.45) is 5.10 Å². The number of benzene rings is 4. The summed E-state index contributed by atoms with van der Waals surface area (Å²) in [4.78, 5) is 24.0.